The Bertz CT molecular complexity index is 88.7. The molecule has 0 atom stereocenters. The Morgan fingerprint density at radius 2 is 2.50 bits per heavy atom. The molecule has 0 spiro atoms. The Balaban J connectivity index is 3.13. The summed E-state index contributed by atoms with van der Waals surface area (Å²) in [5.41, 5.74) is 4.77. The molecule has 0 aromatic carbocycles. The van der Waals surface area contributed by atoms with Crippen LogP contribution in [0.1, 0.15) is 0 Å². The first-order chi connectivity index (χ1) is 2.77. The van der Waals surface area contributed by atoms with Gasteiger partial charge in [0.2, 0.25) is 0 Å². The average molecular weight is 83.1 g/mol. The molecule has 3 nitrogen and oxygen atoms in total. The second-order valence-corrected chi connectivity index (χ2v) is 0.841. The van der Waals surface area contributed by atoms with Crippen molar-refractivity contribution >= 4 is 5.84 Å². The van der Waals surface area contributed by atoms with E-state index in [4.69, 9.17) is 17.7 Å². The number of nitrogens with zero attached hydrogens (tertiary/aromatic N) is 1. The van der Waals surface area contributed by atoms with Crippen molar-refractivity contribution in [1.29, 1.82) is 5.41 Å². The lowest BCUT2D eigenvalue weighted by atomic mass is 10.6. The van der Waals surface area contributed by atoms with Gasteiger partial charge in [-0.3, -0.25) is 5.41 Å². The second-order valence-electron chi connectivity index (χ2n) is 0.841. The summed E-state index contributed by atoms with van der Waals surface area (Å²) in [6.45, 7) is 6.16. The van der Waals surface area contributed by atoms with Gasteiger partial charge >= 0.3 is 0 Å². The summed E-state index contributed by atoms with van der Waals surface area (Å²) in [5.74, 6) is -0.0648. The predicted molar refractivity (Wildman–Crippen MR) is 23.4 cm³/mol. The first-order valence-corrected chi connectivity index (χ1v) is 1.43. The molecule has 0 aliphatic carbocycles. The van der Waals surface area contributed by atoms with E-state index >= 15 is 0 Å². The van der Waals surface area contributed by atoms with Gasteiger partial charge in [-0.1, -0.05) is 0 Å². The molecular formula is C3H5N3. The van der Waals surface area contributed by atoms with Gasteiger partial charge in [-0.2, -0.15) is 0 Å². The molecule has 0 aromatic rings. The SMILES string of the molecule is [C-]#[N+]CC(=N)N. The van der Waals surface area contributed by atoms with Crippen LogP contribution in [0.3, 0.4) is 0 Å². The molecule has 0 aliphatic heterocycles. The molecule has 3 N–H and O–H groups in total. The van der Waals surface area contributed by atoms with Crippen LogP contribution in [0.5, 0.6) is 0 Å². The maximum Gasteiger partial charge on any atom is 0.270 e. The van der Waals surface area contributed by atoms with Crippen LogP contribution >= 0.6 is 0 Å². The fraction of sp³-hybridized carbons (Fsp3) is 0.333. The maximum atomic E-state index is 6.46. The lowest BCUT2D eigenvalue weighted by molar-refractivity contribution is 1.37. The molecule has 0 saturated heterocycles. The van der Waals surface area contributed by atoms with E-state index in [0.717, 1.165) is 0 Å². The number of rotatable bonds is 1. The predicted octanol–water partition coefficient (Wildman–Crippen LogP) is -0.158. The van der Waals surface area contributed by atoms with Crippen molar-refractivity contribution in [2.45, 2.75) is 0 Å². The van der Waals surface area contributed by atoms with E-state index in [-0.39, 0.29) is 12.4 Å². The molecule has 0 rings (SSSR count). The van der Waals surface area contributed by atoms with E-state index in [1.807, 2.05) is 0 Å². The minimum absolute atomic E-state index is 0.0278. The summed E-state index contributed by atoms with van der Waals surface area (Å²) < 4.78 is 0. The maximum absolute atomic E-state index is 6.46. The quantitative estimate of drug-likeness (QED) is 0.258. The molecule has 0 heterocycles. The zero-order valence-electron chi connectivity index (χ0n) is 3.23. The lowest BCUT2D eigenvalue weighted by Gasteiger charge is -1.74. The molecule has 0 bridgehead atoms. The van der Waals surface area contributed by atoms with Crippen LogP contribution in [0.2, 0.25) is 0 Å². The average Bonchev–Trinajstić information content (AvgIpc) is 1.35. The third kappa shape index (κ3) is 2.96. The molecule has 0 aromatic heterocycles. The Labute approximate surface area is 36.1 Å². The van der Waals surface area contributed by atoms with Gasteiger partial charge in [-0.05, 0) is 0 Å². The Morgan fingerprint density at radius 1 is 2.00 bits per heavy atom. The highest BCUT2D eigenvalue weighted by atomic mass is 14.8. The van der Waals surface area contributed by atoms with E-state index in [9.17, 15) is 0 Å². The second kappa shape index (κ2) is 2.21. The zero-order chi connectivity index (χ0) is 4.99. The molecule has 0 fully saturated rings. The van der Waals surface area contributed by atoms with E-state index in [0.29, 0.717) is 0 Å². The minimum Gasteiger partial charge on any atom is -0.381 e. The van der Waals surface area contributed by atoms with Crippen molar-refractivity contribution in [3.63, 3.8) is 0 Å². The van der Waals surface area contributed by atoms with Gasteiger partial charge in [0.05, 0.1) is 0 Å². The number of nitrogens with one attached hydrogen (secondary N) is 1. The fourth-order valence-corrected chi connectivity index (χ4v) is 0.0852. The summed E-state index contributed by atoms with van der Waals surface area (Å²) in [6, 6.07) is 0. The number of amidine groups is 1. The standard InChI is InChI=1S/C3H5N3/c1-6-2-3(4)5/h2H2,(H3,4,5). The summed E-state index contributed by atoms with van der Waals surface area (Å²) in [5, 5.41) is 6.46. The molecule has 3 heteroatoms. The normalized spacial score (nSPS) is 6.50. The highest BCUT2D eigenvalue weighted by Gasteiger charge is 1.82. The highest BCUT2D eigenvalue weighted by Crippen LogP contribution is 1.59. The van der Waals surface area contributed by atoms with Crippen LogP contribution in [0.15, 0.2) is 0 Å². The Kier molecular flexibility index (Phi) is 1.83. The summed E-state index contributed by atoms with van der Waals surface area (Å²) in [4.78, 5) is 2.84. The largest absolute Gasteiger partial charge is 0.381 e. The zero-order valence-corrected chi connectivity index (χ0v) is 3.23. The van der Waals surface area contributed by atoms with Crippen molar-refractivity contribution in [3.05, 3.63) is 11.4 Å². The number of hydrogen-bond donors (Lipinski definition) is 2. The first kappa shape index (κ1) is 4.96. The summed E-state index contributed by atoms with van der Waals surface area (Å²) in [6.07, 6.45) is 0. The van der Waals surface area contributed by atoms with Crippen LogP contribution in [0, 0.1) is 12.0 Å². The molecule has 0 amide bonds. The van der Waals surface area contributed by atoms with Crippen molar-refractivity contribution < 1.29 is 0 Å². The van der Waals surface area contributed by atoms with Gasteiger partial charge in [-0.15, -0.1) is 0 Å². The van der Waals surface area contributed by atoms with Crippen LogP contribution in [-0.4, -0.2) is 12.4 Å². The topological polar surface area (TPSA) is 54.2 Å². The van der Waals surface area contributed by atoms with Gasteiger partial charge < -0.3 is 10.6 Å². The summed E-state index contributed by atoms with van der Waals surface area (Å²) in [7, 11) is 0. The van der Waals surface area contributed by atoms with E-state index in [2.05, 4.69) is 4.85 Å². The van der Waals surface area contributed by atoms with Gasteiger partial charge in [0, 0.05) is 0 Å². The number of hydrogen-bond acceptors (Lipinski definition) is 1. The highest BCUT2D eigenvalue weighted by molar-refractivity contribution is 5.80. The fourth-order valence-electron chi connectivity index (χ4n) is 0.0852. The van der Waals surface area contributed by atoms with Gasteiger partial charge in [0.15, 0.2) is 5.84 Å². The lowest BCUT2D eigenvalue weighted by Crippen LogP contribution is -2.11. The molecule has 0 unspecified atom stereocenters. The van der Waals surface area contributed by atoms with Gasteiger partial charge in [0.25, 0.3) is 6.54 Å². The van der Waals surface area contributed by atoms with Crippen molar-refractivity contribution in [2.24, 2.45) is 5.73 Å². The van der Waals surface area contributed by atoms with E-state index in [1.54, 1.807) is 0 Å². The van der Waals surface area contributed by atoms with Crippen molar-refractivity contribution in [2.75, 3.05) is 6.54 Å². The monoisotopic (exact) mass is 83.0 g/mol. The minimum atomic E-state index is -0.0648. The molecule has 0 saturated carbocycles. The van der Waals surface area contributed by atoms with Crippen LogP contribution in [0.4, 0.5) is 0 Å². The summed E-state index contributed by atoms with van der Waals surface area (Å²) >= 11 is 0. The van der Waals surface area contributed by atoms with Crippen LogP contribution in [0.25, 0.3) is 4.85 Å². The first-order valence-electron chi connectivity index (χ1n) is 1.43. The van der Waals surface area contributed by atoms with Gasteiger partial charge in [0.1, 0.15) is 0 Å². The van der Waals surface area contributed by atoms with E-state index in [1.165, 1.54) is 0 Å². The van der Waals surface area contributed by atoms with E-state index < -0.39 is 0 Å². The van der Waals surface area contributed by atoms with Crippen molar-refractivity contribution in [1.82, 2.24) is 0 Å². The Hall–Kier alpha value is -1.04. The molecular weight excluding hydrogens is 78.1 g/mol. The third-order valence-electron chi connectivity index (χ3n) is 0.249. The molecule has 0 radical (unpaired) electrons. The van der Waals surface area contributed by atoms with Crippen LogP contribution < -0.4 is 5.73 Å². The third-order valence-corrected chi connectivity index (χ3v) is 0.249. The van der Waals surface area contributed by atoms with Crippen molar-refractivity contribution in [3.8, 4) is 0 Å². The molecule has 32 valence electrons. The molecule has 0 aliphatic rings. The number of nitrogens with two attached hydrogens (primary N) is 1. The smallest absolute Gasteiger partial charge is 0.270 e. The van der Waals surface area contributed by atoms with Crippen LogP contribution in [-0.2, 0) is 0 Å². The van der Waals surface area contributed by atoms with Gasteiger partial charge in [-0.25, -0.2) is 6.57 Å². The Morgan fingerprint density at radius 3 is 2.50 bits per heavy atom. The molecule has 6 heavy (non-hydrogen) atoms.